The van der Waals surface area contributed by atoms with E-state index in [2.05, 4.69) is 10.3 Å². The number of carbonyl (C=O) groups excluding carboxylic acids is 1. The van der Waals surface area contributed by atoms with Crippen molar-refractivity contribution in [1.82, 2.24) is 15.3 Å². The standard InChI is InChI=1S/C28H26F7N3O3/c1-2-21-24(32)27(40)38-25(37-21)22-18(28(33,34)35)9-6-16(23(22)31)12-36-26(39)15-4-7-17(8-5-15)41-13-14-3-10-19(29)20(30)11-14/h3,6,9-11,15,17H,2,4-5,7-8,12-13H2,1H3,(H,36,39)(H,37,38,40)/t15-,17-. The fraction of sp³-hybridized carbons (Fsp3) is 0.393. The molecule has 0 atom stereocenters. The summed E-state index contributed by atoms with van der Waals surface area (Å²) in [7, 11) is 0. The molecule has 220 valence electrons. The Morgan fingerprint density at radius 3 is 2.37 bits per heavy atom. The molecule has 1 heterocycles. The minimum Gasteiger partial charge on any atom is -0.374 e. The van der Waals surface area contributed by atoms with Crippen molar-refractivity contribution in [3.8, 4) is 11.4 Å². The molecule has 4 rings (SSSR count). The molecular formula is C28H26F7N3O3. The number of aromatic amines is 1. The molecule has 13 heteroatoms. The van der Waals surface area contributed by atoms with Crippen molar-refractivity contribution in [3.63, 3.8) is 0 Å². The fourth-order valence-electron chi connectivity index (χ4n) is 4.74. The molecule has 1 aliphatic rings. The number of benzene rings is 2. The highest BCUT2D eigenvalue weighted by Gasteiger charge is 2.37. The molecule has 1 aromatic heterocycles. The van der Waals surface area contributed by atoms with Gasteiger partial charge in [-0.3, -0.25) is 9.59 Å². The number of ether oxygens (including phenoxy) is 1. The van der Waals surface area contributed by atoms with E-state index in [0.717, 1.165) is 18.2 Å². The second kappa shape index (κ2) is 12.4. The summed E-state index contributed by atoms with van der Waals surface area (Å²) in [5.41, 5.74) is -4.03. The third kappa shape index (κ3) is 6.95. The number of amides is 1. The van der Waals surface area contributed by atoms with Crippen molar-refractivity contribution in [2.75, 3.05) is 0 Å². The van der Waals surface area contributed by atoms with Crippen molar-refractivity contribution in [1.29, 1.82) is 0 Å². The first-order chi connectivity index (χ1) is 19.4. The molecule has 0 aliphatic heterocycles. The topological polar surface area (TPSA) is 84.1 Å². The van der Waals surface area contributed by atoms with E-state index < -0.39 is 76.0 Å². The average Bonchev–Trinajstić information content (AvgIpc) is 2.93. The van der Waals surface area contributed by atoms with Crippen LogP contribution in [0.2, 0.25) is 0 Å². The lowest BCUT2D eigenvalue weighted by Gasteiger charge is -2.28. The molecule has 1 fully saturated rings. The van der Waals surface area contributed by atoms with Crippen molar-refractivity contribution in [2.24, 2.45) is 5.92 Å². The maximum absolute atomic E-state index is 15.5. The van der Waals surface area contributed by atoms with E-state index in [1.54, 1.807) is 0 Å². The number of aryl methyl sites for hydroxylation is 1. The van der Waals surface area contributed by atoms with Crippen molar-refractivity contribution < 1.29 is 40.3 Å². The van der Waals surface area contributed by atoms with Crippen LogP contribution in [0.4, 0.5) is 30.7 Å². The molecule has 1 saturated carbocycles. The highest BCUT2D eigenvalue weighted by molar-refractivity contribution is 5.78. The van der Waals surface area contributed by atoms with E-state index >= 15 is 4.39 Å². The number of halogens is 7. The first-order valence-electron chi connectivity index (χ1n) is 12.9. The summed E-state index contributed by atoms with van der Waals surface area (Å²) in [5, 5.41) is 2.54. The fourth-order valence-corrected chi connectivity index (χ4v) is 4.74. The summed E-state index contributed by atoms with van der Waals surface area (Å²) in [6, 6.07) is 4.97. The monoisotopic (exact) mass is 585 g/mol. The quantitative estimate of drug-likeness (QED) is 0.320. The van der Waals surface area contributed by atoms with Crippen LogP contribution in [0.3, 0.4) is 0 Å². The summed E-state index contributed by atoms with van der Waals surface area (Å²) in [5.74, 6) is -6.20. The highest BCUT2D eigenvalue weighted by atomic mass is 19.4. The van der Waals surface area contributed by atoms with E-state index in [0.29, 0.717) is 37.3 Å². The summed E-state index contributed by atoms with van der Waals surface area (Å²) in [6.45, 7) is 1.07. The zero-order valence-corrected chi connectivity index (χ0v) is 21.8. The highest BCUT2D eigenvalue weighted by Crippen LogP contribution is 2.38. The predicted molar refractivity (Wildman–Crippen MR) is 133 cm³/mol. The summed E-state index contributed by atoms with van der Waals surface area (Å²) in [6.07, 6.45) is -3.47. The van der Waals surface area contributed by atoms with Crippen LogP contribution in [0.15, 0.2) is 35.1 Å². The first kappa shape index (κ1) is 30.2. The summed E-state index contributed by atoms with van der Waals surface area (Å²) in [4.78, 5) is 30.3. The van der Waals surface area contributed by atoms with E-state index in [-0.39, 0.29) is 24.7 Å². The number of H-pyrrole nitrogens is 1. The van der Waals surface area contributed by atoms with Crippen LogP contribution in [-0.4, -0.2) is 22.0 Å². The van der Waals surface area contributed by atoms with Crippen LogP contribution >= 0.6 is 0 Å². The Bertz CT molecular complexity index is 1480. The number of alkyl halides is 3. The van der Waals surface area contributed by atoms with E-state index in [4.69, 9.17) is 4.74 Å². The van der Waals surface area contributed by atoms with Gasteiger partial charge in [-0.25, -0.2) is 18.2 Å². The van der Waals surface area contributed by atoms with Gasteiger partial charge in [0.1, 0.15) is 11.6 Å². The van der Waals surface area contributed by atoms with Gasteiger partial charge in [0.25, 0.3) is 5.56 Å². The number of nitrogens with one attached hydrogen (secondary N) is 2. The Morgan fingerprint density at radius 2 is 1.73 bits per heavy atom. The largest absolute Gasteiger partial charge is 0.417 e. The Labute approximate surface area is 230 Å². The van der Waals surface area contributed by atoms with Gasteiger partial charge in [-0.1, -0.05) is 19.1 Å². The number of aromatic nitrogens is 2. The zero-order chi connectivity index (χ0) is 29.9. The average molecular weight is 586 g/mol. The third-order valence-electron chi connectivity index (χ3n) is 7.00. The van der Waals surface area contributed by atoms with Crippen LogP contribution in [0.1, 0.15) is 55.0 Å². The minimum atomic E-state index is -5.01. The van der Waals surface area contributed by atoms with Gasteiger partial charge < -0.3 is 15.0 Å². The van der Waals surface area contributed by atoms with Crippen LogP contribution < -0.4 is 10.9 Å². The van der Waals surface area contributed by atoms with Gasteiger partial charge >= 0.3 is 6.18 Å². The van der Waals surface area contributed by atoms with E-state index in [1.165, 1.54) is 13.0 Å². The zero-order valence-electron chi connectivity index (χ0n) is 21.8. The molecule has 0 bridgehead atoms. The normalized spacial score (nSPS) is 17.5. The predicted octanol–water partition coefficient (Wildman–Crippen LogP) is 5.97. The summed E-state index contributed by atoms with van der Waals surface area (Å²) < 4.78 is 103. The van der Waals surface area contributed by atoms with Gasteiger partial charge in [-0.05, 0) is 55.9 Å². The Morgan fingerprint density at radius 1 is 1.02 bits per heavy atom. The number of hydrogen-bond donors (Lipinski definition) is 2. The van der Waals surface area contributed by atoms with Crippen molar-refractivity contribution >= 4 is 5.91 Å². The molecule has 0 unspecified atom stereocenters. The van der Waals surface area contributed by atoms with Gasteiger partial charge in [0.15, 0.2) is 11.6 Å². The Balaban J connectivity index is 1.42. The lowest BCUT2D eigenvalue weighted by atomic mass is 9.86. The second-order valence-electron chi connectivity index (χ2n) is 9.74. The molecule has 41 heavy (non-hydrogen) atoms. The van der Waals surface area contributed by atoms with Gasteiger partial charge in [0, 0.05) is 18.0 Å². The smallest absolute Gasteiger partial charge is 0.374 e. The molecule has 3 aromatic rings. The molecular weight excluding hydrogens is 559 g/mol. The van der Waals surface area contributed by atoms with Gasteiger partial charge in [0.05, 0.1) is 29.5 Å². The number of nitrogens with zero attached hydrogens (tertiary/aromatic N) is 1. The number of rotatable bonds is 8. The van der Waals surface area contributed by atoms with Gasteiger partial charge in [-0.15, -0.1) is 0 Å². The van der Waals surface area contributed by atoms with Crippen LogP contribution in [-0.2, 0) is 35.3 Å². The molecule has 1 amide bonds. The van der Waals surface area contributed by atoms with Crippen LogP contribution in [0.25, 0.3) is 11.4 Å². The number of carbonyl (C=O) groups is 1. The first-order valence-corrected chi connectivity index (χ1v) is 12.9. The lowest BCUT2D eigenvalue weighted by molar-refractivity contribution is -0.137. The minimum absolute atomic E-state index is 0.0716. The van der Waals surface area contributed by atoms with E-state index in [1.807, 2.05) is 4.98 Å². The van der Waals surface area contributed by atoms with Crippen molar-refractivity contribution in [3.05, 3.63) is 86.3 Å². The molecule has 6 nitrogen and oxygen atoms in total. The Hall–Kier alpha value is -3.74. The Kier molecular flexibility index (Phi) is 9.15. The molecule has 2 N–H and O–H groups in total. The SMILES string of the molecule is CCc1nc(-c2c(C(F)(F)F)ccc(CNC(=O)[C@H]3CC[C@H](OCc4ccc(F)c(F)c4)CC3)c2F)[nH]c(=O)c1F. The lowest BCUT2D eigenvalue weighted by Crippen LogP contribution is -2.34. The van der Waals surface area contributed by atoms with Crippen molar-refractivity contribution in [2.45, 2.75) is 64.5 Å². The van der Waals surface area contributed by atoms with Gasteiger partial charge in [-0.2, -0.15) is 17.6 Å². The van der Waals surface area contributed by atoms with Crippen LogP contribution in [0.5, 0.6) is 0 Å². The molecule has 0 radical (unpaired) electrons. The van der Waals surface area contributed by atoms with Crippen LogP contribution in [0, 0.1) is 29.2 Å². The third-order valence-corrected chi connectivity index (χ3v) is 7.00. The molecule has 1 aliphatic carbocycles. The maximum atomic E-state index is 15.5. The van der Waals surface area contributed by atoms with E-state index in [9.17, 15) is 35.9 Å². The molecule has 0 spiro atoms. The summed E-state index contributed by atoms with van der Waals surface area (Å²) >= 11 is 0. The number of hydrogen-bond acceptors (Lipinski definition) is 4. The maximum Gasteiger partial charge on any atom is 0.417 e. The molecule has 2 aromatic carbocycles. The second-order valence-corrected chi connectivity index (χ2v) is 9.74. The van der Waals surface area contributed by atoms with Gasteiger partial charge in [0.2, 0.25) is 11.7 Å². The molecule has 0 saturated heterocycles.